The van der Waals surface area contributed by atoms with E-state index >= 15 is 0 Å². The van der Waals surface area contributed by atoms with Crippen molar-refractivity contribution in [2.45, 2.75) is 37.8 Å². The van der Waals surface area contributed by atoms with Gasteiger partial charge >= 0.3 is 0 Å². The first-order chi connectivity index (χ1) is 14.2. The Labute approximate surface area is 173 Å². The van der Waals surface area contributed by atoms with Gasteiger partial charge in [-0.05, 0) is 6.92 Å². The van der Waals surface area contributed by atoms with E-state index in [-0.39, 0.29) is 10.6 Å². The summed E-state index contributed by atoms with van der Waals surface area (Å²) in [6, 6.07) is 0. The number of likely N-dealkylation sites (N-methyl/N-ethyl adjacent to an activating group) is 1. The Kier molecular flexibility index (Phi) is 5.63. The Morgan fingerprint density at radius 3 is 2.93 bits per heavy atom. The number of nitrogens with one attached hydrogen (secondary N) is 2. The second-order valence-corrected chi connectivity index (χ2v) is 8.12. The van der Waals surface area contributed by atoms with Crippen LogP contribution < -0.4 is 15.9 Å². The minimum Gasteiger partial charge on any atom is -0.756 e. The van der Waals surface area contributed by atoms with Crippen LogP contribution in [0, 0.1) is 4.64 Å². The molecule has 16 heteroatoms. The second-order valence-electron chi connectivity index (χ2n) is 6.53. The molecule has 4 heterocycles. The normalized spacial score (nSPS) is 30.3. The SMILES string of the molecule is CCNC(=O)C1OC2C(COP(=O)([O-])O)OC(n3cnc4c(=S)nc(N)[nH]c43)C2O1. The molecule has 2 aromatic heterocycles. The van der Waals surface area contributed by atoms with Crippen LogP contribution >= 0.6 is 20.0 Å². The molecule has 0 aliphatic carbocycles. The van der Waals surface area contributed by atoms with Crippen molar-refractivity contribution in [3.63, 3.8) is 0 Å². The molecule has 2 aromatic rings. The minimum atomic E-state index is -5.00. The maximum atomic E-state index is 12.2. The highest BCUT2D eigenvalue weighted by molar-refractivity contribution is 7.71. The van der Waals surface area contributed by atoms with Crippen LogP contribution in [-0.2, 0) is 28.1 Å². The number of carbonyl (C=O) groups is 1. The summed E-state index contributed by atoms with van der Waals surface area (Å²) in [5, 5.41) is 2.58. The number of carbonyl (C=O) groups excluding carboxylic acids is 1. The van der Waals surface area contributed by atoms with Crippen molar-refractivity contribution in [3.05, 3.63) is 11.0 Å². The fourth-order valence-electron chi connectivity index (χ4n) is 3.39. The number of H-pyrrole nitrogens is 1. The van der Waals surface area contributed by atoms with Crippen LogP contribution in [0.5, 0.6) is 0 Å². The van der Waals surface area contributed by atoms with E-state index in [0.717, 1.165) is 0 Å². The second kappa shape index (κ2) is 7.94. The summed E-state index contributed by atoms with van der Waals surface area (Å²) in [4.78, 5) is 43.1. The highest BCUT2D eigenvalue weighted by Crippen LogP contribution is 2.42. The number of phosphoric ester groups is 1. The van der Waals surface area contributed by atoms with Crippen molar-refractivity contribution in [1.82, 2.24) is 24.8 Å². The monoisotopic (exact) mass is 461 g/mol. The number of anilines is 1. The van der Waals surface area contributed by atoms with Gasteiger partial charge in [-0.15, -0.1) is 0 Å². The standard InChI is InChI=1S/C14H19N6O8PS/c1-2-16-10(21)13-27-7-5(3-25-29(22,23)24)26-12(8(7)28-13)20-4-17-6-9(20)18-14(15)19-11(6)30/h4-5,7-8,12-13H,2-3H2,1H3,(H,16,21)(H2,22,23,24)(H3,15,18,19,30)/p-1. The number of nitrogen functional groups attached to an aromatic ring is 1. The summed E-state index contributed by atoms with van der Waals surface area (Å²) in [5.41, 5.74) is 6.49. The van der Waals surface area contributed by atoms with Gasteiger partial charge in [-0.3, -0.25) is 13.9 Å². The average molecular weight is 461 g/mol. The third-order valence-corrected chi connectivity index (χ3v) is 5.31. The van der Waals surface area contributed by atoms with E-state index < -0.39 is 51.2 Å². The molecule has 5 N–H and O–H groups in total. The molecule has 30 heavy (non-hydrogen) atoms. The van der Waals surface area contributed by atoms with Gasteiger partial charge in [0, 0.05) is 6.54 Å². The molecule has 0 spiro atoms. The van der Waals surface area contributed by atoms with Crippen molar-refractivity contribution in [2.24, 2.45) is 0 Å². The zero-order valence-electron chi connectivity index (χ0n) is 15.5. The van der Waals surface area contributed by atoms with Crippen LogP contribution in [0.1, 0.15) is 13.2 Å². The lowest BCUT2D eigenvalue weighted by Crippen LogP contribution is -2.37. The van der Waals surface area contributed by atoms with Crippen molar-refractivity contribution < 1.29 is 37.9 Å². The lowest BCUT2D eigenvalue weighted by atomic mass is 10.1. The number of rotatable bonds is 6. The summed E-state index contributed by atoms with van der Waals surface area (Å²) in [5.74, 6) is -0.439. The molecule has 6 unspecified atom stereocenters. The van der Waals surface area contributed by atoms with Crippen molar-refractivity contribution in [2.75, 3.05) is 18.9 Å². The maximum Gasteiger partial charge on any atom is 0.277 e. The summed E-state index contributed by atoms with van der Waals surface area (Å²) < 4.78 is 34.5. The lowest BCUT2D eigenvalue weighted by Gasteiger charge is -2.22. The fourth-order valence-corrected chi connectivity index (χ4v) is 3.97. The third-order valence-electron chi connectivity index (χ3n) is 4.55. The number of ether oxygens (including phenoxy) is 3. The number of aromatic amines is 1. The zero-order valence-corrected chi connectivity index (χ0v) is 17.2. The molecule has 164 valence electrons. The number of nitrogens with two attached hydrogens (primary N) is 1. The van der Waals surface area contributed by atoms with Gasteiger partial charge < -0.3 is 44.6 Å². The Hall–Kier alpha value is -1.97. The Morgan fingerprint density at radius 2 is 2.23 bits per heavy atom. The smallest absolute Gasteiger partial charge is 0.277 e. The highest BCUT2D eigenvalue weighted by Gasteiger charge is 2.55. The molecule has 1 amide bonds. The molecule has 0 bridgehead atoms. The number of hydrogen-bond donors (Lipinski definition) is 4. The molecule has 4 rings (SSSR count). The van der Waals surface area contributed by atoms with Gasteiger partial charge in [0.05, 0.1) is 12.9 Å². The minimum absolute atomic E-state index is 0.0556. The topological polar surface area (TPSA) is 199 Å². The molecule has 0 radical (unpaired) electrons. The number of hydrogen-bond acceptors (Lipinski definition) is 11. The van der Waals surface area contributed by atoms with E-state index in [1.54, 1.807) is 6.92 Å². The number of phosphoric acid groups is 1. The van der Waals surface area contributed by atoms with Gasteiger partial charge in [0.2, 0.25) is 6.29 Å². The van der Waals surface area contributed by atoms with Crippen LogP contribution in [-0.4, -0.2) is 68.1 Å². The van der Waals surface area contributed by atoms with Gasteiger partial charge in [0.1, 0.15) is 29.5 Å². The molecule has 2 aliphatic rings. The predicted molar refractivity (Wildman–Crippen MR) is 99.0 cm³/mol. The molecule has 2 fully saturated rings. The number of aromatic nitrogens is 4. The van der Waals surface area contributed by atoms with E-state index in [0.29, 0.717) is 17.7 Å². The molecule has 14 nitrogen and oxygen atoms in total. The number of amides is 1. The van der Waals surface area contributed by atoms with Crippen LogP contribution in [0.2, 0.25) is 0 Å². The van der Waals surface area contributed by atoms with Crippen LogP contribution in [0.4, 0.5) is 5.95 Å². The summed E-state index contributed by atoms with van der Waals surface area (Å²) in [6.45, 7) is 1.55. The van der Waals surface area contributed by atoms with E-state index in [9.17, 15) is 14.3 Å². The first-order valence-corrected chi connectivity index (χ1v) is 10.7. The fraction of sp³-hybridized carbons (Fsp3) is 0.571. The van der Waals surface area contributed by atoms with Crippen LogP contribution in [0.3, 0.4) is 0 Å². The molecule has 2 saturated heterocycles. The summed E-state index contributed by atoms with van der Waals surface area (Å²) in [6.07, 6.45) is -3.39. The largest absolute Gasteiger partial charge is 0.756 e. The average Bonchev–Trinajstić information content (AvgIpc) is 3.33. The molecular formula is C14H18N6O8PS-. The van der Waals surface area contributed by atoms with Crippen LogP contribution in [0.25, 0.3) is 11.2 Å². The van der Waals surface area contributed by atoms with Gasteiger partial charge in [-0.25, -0.2) is 9.97 Å². The van der Waals surface area contributed by atoms with Gasteiger partial charge in [-0.1, -0.05) is 12.2 Å². The van der Waals surface area contributed by atoms with Crippen molar-refractivity contribution >= 4 is 43.1 Å². The zero-order chi connectivity index (χ0) is 21.6. The van der Waals surface area contributed by atoms with E-state index in [4.69, 9.17) is 37.1 Å². The lowest BCUT2D eigenvalue weighted by molar-refractivity contribution is -0.224. The van der Waals surface area contributed by atoms with E-state index in [2.05, 4.69) is 24.8 Å². The Morgan fingerprint density at radius 1 is 1.50 bits per heavy atom. The quantitative estimate of drug-likeness (QED) is 0.293. The third kappa shape index (κ3) is 3.98. The maximum absolute atomic E-state index is 12.2. The van der Waals surface area contributed by atoms with Gasteiger partial charge in [-0.2, -0.15) is 0 Å². The predicted octanol–water partition coefficient (Wildman–Crippen LogP) is -1.31. The Bertz CT molecular complexity index is 1070. The first kappa shape index (κ1) is 21.3. The molecule has 0 aromatic carbocycles. The summed E-state index contributed by atoms with van der Waals surface area (Å²) >= 11 is 5.16. The van der Waals surface area contributed by atoms with Crippen LogP contribution in [0.15, 0.2) is 6.33 Å². The Balaban J connectivity index is 1.67. The number of fused-ring (bicyclic) bond motifs is 2. The van der Waals surface area contributed by atoms with Crippen molar-refractivity contribution in [3.8, 4) is 0 Å². The van der Waals surface area contributed by atoms with Gasteiger partial charge in [0.25, 0.3) is 13.7 Å². The number of nitrogens with zero attached hydrogens (tertiary/aromatic N) is 3. The first-order valence-electron chi connectivity index (χ1n) is 8.82. The van der Waals surface area contributed by atoms with Crippen molar-refractivity contribution in [1.29, 1.82) is 0 Å². The van der Waals surface area contributed by atoms with Gasteiger partial charge in [0.15, 0.2) is 16.8 Å². The molecule has 0 saturated carbocycles. The summed E-state index contributed by atoms with van der Waals surface area (Å²) in [7, 11) is -5.00. The number of imidazole rings is 1. The molecular weight excluding hydrogens is 443 g/mol. The highest BCUT2D eigenvalue weighted by atomic mass is 32.1. The van der Waals surface area contributed by atoms with E-state index in [1.165, 1.54) is 10.9 Å². The van der Waals surface area contributed by atoms with E-state index in [1.807, 2.05) is 0 Å². The molecule has 2 aliphatic heterocycles. The molecule has 6 atom stereocenters.